The SMILES string of the molecule is COCC(C)Cn1c(=S)[nH]c2cc(OC)c(OC)cc21. The fourth-order valence-electron chi connectivity index (χ4n) is 2.31. The molecule has 1 N–H and O–H groups in total. The highest BCUT2D eigenvalue weighted by Crippen LogP contribution is 2.32. The van der Waals surface area contributed by atoms with Gasteiger partial charge in [0.05, 0.1) is 31.9 Å². The fraction of sp³-hybridized carbons (Fsp3) is 0.500. The lowest BCUT2D eigenvalue weighted by molar-refractivity contribution is 0.152. The molecule has 1 aromatic heterocycles. The van der Waals surface area contributed by atoms with Crippen molar-refractivity contribution in [3.8, 4) is 11.5 Å². The molecule has 2 rings (SSSR count). The average molecular weight is 296 g/mol. The summed E-state index contributed by atoms with van der Waals surface area (Å²) in [5.74, 6) is 1.76. The van der Waals surface area contributed by atoms with E-state index in [1.807, 2.05) is 12.1 Å². The van der Waals surface area contributed by atoms with Crippen molar-refractivity contribution in [1.82, 2.24) is 9.55 Å². The number of H-pyrrole nitrogens is 1. The van der Waals surface area contributed by atoms with E-state index in [0.29, 0.717) is 28.8 Å². The van der Waals surface area contributed by atoms with Crippen molar-refractivity contribution >= 4 is 23.3 Å². The molecule has 110 valence electrons. The molecule has 1 unspecified atom stereocenters. The number of methoxy groups -OCH3 is 3. The van der Waals surface area contributed by atoms with E-state index in [1.54, 1.807) is 21.3 Å². The Morgan fingerprint density at radius 2 is 1.85 bits per heavy atom. The maximum Gasteiger partial charge on any atom is 0.178 e. The number of imidazole rings is 1. The zero-order valence-electron chi connectivity index (χ0n) is 12.2. The Morgan fingerprint density at radius 1 is 1.20 bits per heavy atom. The van der Waals surface area contributed by atoms with E-state index in [2.05, 4.69) is 16.5 Å². The first-order valence-corrected chi connectivity index (χ1v) is 6.85. The summed E-state index contributed by atoms with van der Waals surface area (Å²) in [4.78, 5) is 3.20. The predicted octanol–water partition coefficient (Wildman–Crippen LogP) is 3.00. The Balaban J connectivity index is 2.49. The molecule has 0 aliphatic rings. The summed E-state index contributed by atoms with van der Waals surface area (Å²) in [6.45, 7) is 3.62. The maximum absolute atomic E-state index is 5.40. The van der Waals surface area contributed by atoms with Gasteiger partial charge in [-0.1, -0.05) is 6.92 Å². The van der Waals surface area contributed by atoms with Crippen LogP contribution in [0, 0.1) is 10.7 Å². The summed E-state index contributed by atoms with van der Waals surface area (Å²) in [6, 6.07) is 3.85. The molecule has 0 radical (unpaired) electrons. The van der Waals surface area contributed by atoms with Crippen molar-refractivity contribution in [2.75, 3.05) is 27.9 Å². The number of nitrogens with one attached hydrogen (secondary N) is 1. The predicted molar refractivity (Wildman–Crippen MR) is 81.3 cm³/mol. The van der Waals surface area contributed by atoms with E-state index >= 15 is 0 Å². The Kier molecular flexibility index (Phi) is 4.67. The van der Waals surface area contributed by atoms with Gasteiger partial charge in [-0.15, -0.1) is 0 Å². The van der Waals surface area contributed by atoms with Crippen molar-refractivity contribution in [2.45, 2.75) is 13.5 Å². The van der Waals surface area contributed by atoms with Crippen molar-refractivity contribution in [2.24, 2.45) is 5.92 Å². The van der Waals surface area contributed by atoms with Gasteiger partial charge in [-0.05, 0) is 18.1 Å². The van der Waals surface area contributed by atoms with Gasteiger partial charge < -0.3 is 23.8 Å². The van der Waals surface area contributed by atoms with Crippen LogP contribution in [0.3, 0.4) is 0 Å². The molecule has 1 heterocycles. The third kappa shape index (κ3) is 2.81. The monoisotopic (exact) mass is 296 g/mol. The summed E-state index contributed by atoms with van der Waals surface area (Å²) in [5, 5.41) is 0. The number of aromatic amines is 1. The lowest BCUT2D eigenvalue weighted by atomic mass is 10.2. The van der Waals surface area contributed by atoms with Gasteiger partial charge in [0.2, 0.25) is 0 Å². The van der Waals surface area contributed by atoms with Gasteiger partial charge in [-0.3, -0.25) is 0 Å². The molecule has 1 atom stereocenters. The van der Waals surface area contributed by atoms with Gasteiger partial charge >= 0.3 is 0 Å². The topological polar surface area (TPSA) is 48.4 Å². The first-order chi connectivity index (χ1) is 9.60. The van der Waals surface area contributed by atoms with Crippen molar-refractivity contribution in [1.29, 1.82) is 0 Å². The molecule has 0 bridgehead atoms. The number of hydrogen-bond acceptors (Lipinski definition) is 4. The zero-order chi connectivity index (χ0) is 14.7. The van der Waals surface area contributed by atoms with Crippen molar-refractivity contribution in [3.63, 3.8) is 0 Å². The Hall–Kier alpha value is -1.53. The van der Waals surface area contributed by atoms with Crippen molar-refractivity contribution in [3.05, 3.63) is 16.9 Å². The van der Waals surface area contributed by atoms with Gasteiger partial charge in [0.1, 0.15) is 0 Å². The second-order valence-corrected chi connectivity index (χ2v) is 5.21. The van der Waals surface area contributed by atoms with Crippen LogP contribution < -0.4 is 9.47 Å². The van der Waals surface area contributed by atoms with Crippen LogP contribution in [0.15, 0.2) is 12.1 Å². The summed E-state index contributed by atoms with van der Waals surface area (Å²) >= 11 is 5.40. The maximum atomic E-state index is 5.40. The molecule has 0 fully saturated rings. The van der Waals surface area contributed by atoms with Crippen LogP contribution in [-0.4, -0.2) is 37.5 Å². The van der Waals surface area contributed by atoms with Crippen molar-refractivity contribution < 1.29 is 14.2 Å². The standard InChI is InChI=1S/C14H20N2O3S/c1-9(8-17-2)7-16-11-6-13(19-4)12(18-3)5-10(11)15-14(16)20/h5-6,9H,7-8H2,1-4H3,(H,15,20). The highest BCUT2D eigenvalue weighted by atomic mass is 32.1. The van der Waals surface area contributed by atoms with Crippen LogP contribution in [-0.2, 0) is 11.3 Å². The molecule has 20 heavy (non-hydrogen) atoms. The largest absolute Gasteiger partial charge is 0.493 e. The van der Waals surface area contributed by atoms with Crippen LogP contribution >= 0.6 is 12.2 Å². The zero-order valence-corrected chi connectivity index (χ0v) is 13.0. The minimum absolute atomic E-state index is 0.374. The normalized spacial score (nSPS) is 12.6. The minimum atomic E-state index is 0.374. The van der Waals surface area contributed by atoms with Gasteiger partial charge in [0.25, 0.3) is 0 Å². The second kappa shape index (κ2) is 6.28. The van der Waals surface area contributed by atoms with E-state index in [-0.39, 0.29) is 0 Å². The third-order valence-corrected chi connectivity index (χ3v) is 3.55. The molecule has 2 aromatic rings. The molecule has 0 aliphatic heterocycles. The minimum Gasteiger partial charge on any atom is -0.493 e. The van der Waals surface area contributed by atoms with Gasteiger partial charge in [0, 0.05) is 25.8 Å². The van der Waals surface area contributed by atoms with Crippen LogP contribution in [0.4, 0.5) is 0 Å². The summed E-state index contributed by atoms with van der Waals surface area (Å²) in [7, 11) is 4.96. The van der Waals surface area contributed by atoms with E-state index in [9.17, 15) is 0 Å². The Bertz CT molecular complexity index is 648. The number of ether oxygens (including phenoxy) is 3. The lowest BCUT2D eigenvalue weighted by Crippen LogP contribution is -2.12. The molecule has 1 aromatic carbocycles. The molecule has 0 aliphatic carbocycles. The number of hydrogen-bond donors (Lipinski definition) is 1. The van der Waals surface area contributed by atoms with Crippen LogP contribution in [0.2, 0.25) is 0 Å². The number of aromatic nitrogens is 2. The van der Waals surface area contributed by atoms with Gasteiger partial charge in [-0.25, -0.2) is 0 Å². The molecule has 0 amide bonds. The van der Waals surface area contributed by atoms with Crippen LogP contribution in [0.1, 0.15) is 6.92 Å². The fourth-order valence-corrected chi connectivity index (χ4v) is 2.60. The van der Waals surface area contributed by atoms with Crippen LogP contribution in [0.25, 0.3) is 11.0 Å². The molecule has 6 heteroatoms. The summed E-state index contributed by atoms with van der Waals surface area (Å²) in [6.07, 6.45) is 0. The summed E-state index contributed by atoms with van der Waals surface area (Å²) < 4.78 is 18.6. The second-order valence-electron chi connectivity index (χ2n) is 4.83. The molecule has 0 saturated heterocycles. The van der Waals surface area contributed by atoms with E-state index in [0.717, 1.165) is 17.6 Å². The smallest absolute Gasteiger partial charge is 0.178 e. The Morgan fingerprint density at radius 3 is 2.45 bits per heavy atom. The number of fused-ring (bicyclic) bond motifs is 1. The molecular formula is C14H20N2O3S. The molecular weight excluding hydrogens is 276 g/mol. The third-order valence-electron chi connectivity index (χ3n) is 3.22. The number of rotatable bonds is 6. The van der Waals surface area contributed by atoms with E-state index in [4.69, 9.17) is 26.4 Å². The lowest BCUT2D eigenvalue weighted by Gasteiger charge is -2.13. The number of benzene rings is 1. The number of nitrogens with zero attached hydrogens (tertiary/aromatic N) is 1. The molecule has 0 saturated carbocycles. The van der Waals surface area contributed by atoms with E-state index in [1.165, 1.54) is 0 Å². The van der Waals surface area contributed by atoms with Gasteiger partial charge in [-0.2, -0.15) is 0 Å². The van der Waals surface area contributed by atoms with Crippen LogP contribution in [0.5, 0.6) is 11.5 Å². The molecule has 0 spiro atoms. The molecule has 5 nitrogen and oxygen atoms in total. The highest BCUT2D eigenvalue weighted by molar-refractivity contribution is 7.71. The summed E-state index contributed by atoms with van der Waals surface area (Å²) in [5.41, 5.74) is 1.95. The van der Waals surface area contributed by atoms with Gasteiger partial charge in [0.15, 0.2) is 16.3 Å². The van der Waals surface area contributed by atoms with E-state index < -0.39 is 0 Å². The highest BCUT2D eigenvalue weighted by Gasteiger charge is 2.13. The first-order valence-electron chi connectivity index (χ1n) is 6.44. The Labute approximate surface area is 123 Å². The average Bonchev–Trinajstić information content (AvgIpc) is 2.73. The quantitative estimate of drug-likeness (QED) is 0.833. The first kappa shape index (κ1) is 14.9.